The summed E-state index contributed by atoms with van der Waals surface area (Å²) < 4.78 is 10.9. The van der Waals surface area contributed by atoms with E-state index in [1.807, 2.05) is 0 Å². The van der Waals surface area contributed by atoms with Crippen LogP contribution >= 0.6 is 34.8 Å². The molecule has 2 aromatic carbocycles. The lowest BCUT2D eigenvalue weighted by Crippen LogP contribution is -1.94. The van der Waals surface area contributed by atoms with Crippen molar-refractivity contribution in [2.75, 3.05) is 0 Å². The Morgan fingerprint density at radius 1 is 1.04 bits per heavy atom. The van der Waals surface area contributed by atoms with Crippen molar-refractivity contribution in [2.24, 2.45) is 0 Å². The minimum atomic E-state index is -0.611. The van der Waals surface area contributed by atoms with Gasteiger partial charge in [0, 0.05) is 12.1 Å². The van der Waals surface area contributed by atoms with E-state index < -0.39 is 4.92 Å². The summed E-state index contributed by atoms with van der Waals surface area (Å²) in [4.78, 5) is 21.5. The van der Waals surface area contributed by atoms with Crippen LogP contribution in [-0.4, -0.2) is 11.2 Å². The Bertz CT molecular complexity index is 1020. The maximum atomic E-state index is 11.3. The third kappa shape index (κ3) is 3.53. The molecule has 0 aliphatic rings. The Morgan fingerprint density at radius 3 is 2.46 bits per heavy atom. The first-order chi connectivity index (χ1) is 12.4. The zero-order valence-electron chi connectivity index (χ0n) is 12.7. The molecule has 0 fully saturated rings. The number of furan rings is 1. The Kier molecular flexibility index (Phi) is 5.18. The van der Waals surface area contributed by atoms with E-state index in [0.717, 1.165) is 6.07 Å². The lowest BCUT2D eigenvalue weighted by atomic mass is 10.1. The van der Waals surface area contributed by atoms with Crippen molar-refractivity contribution < 1.29 is 18.9 Å². The molecular weight excluding hydrogens is 405 g/mol. The van der Waals surface area contributed by atoms with Crippen LogP contribution in [0.2, 0.25) is 15.1 Å². The number of nitro benzene ring substituents is 1. The van der Waals surface area contributed by atoms with Gasteiger partial charge in [0.15, 0.2) is 12.0 Å². The van der Waals surface area contributed by atoms with Crippen LogP contribution in [0.4, 0.5) is 5.69 Å². The standard InChI is InChI=1S/C17H8Cl3NO5/c18-11-2-1-3-15(17(11)20)26-16-6-10(13(21(23)24)7-12(16)19)14-5-4-9(8-22)25-14/h1-8H. The molecule has 132 valence electrons. The predicted molar refractivity (Wildman–Crippen MR) is 97.7 cm³/mol. The van der Waals surface area contributed by atoms with Crippen molar-refractivity contribution in [3.05, 3.63) is 73.4 Å². The number of rotatable bonds is 5. The second-order valence-electron chi connectivity index (χ2n) is 5.03. The van der Waals surface area contributed by atoms with Gasteiger partial charge in [0.2, 0.25) is 0 Å². The molecule has 0 saturated heterocycles. The normalized spacial score (nSPS) is 10.6. The van der Waals surface area contributed by atoms with E-state index in [1.54, 1.807) is 18.2 Å². The van der Waals surface area contributed by atoms with Crippen LogP contribution in [0.3, 0.4) is 0 Å². The van der Waals surface area contributed by atoms with Gasteiger partial charge in [-0.3, -0.25) is 14.9 Å². The lowest BCUT2D eigenvalue weighted by molar-refractivity contribution is -0.384. The van der Waals surface area contributed by atoms with Gasteiger partial charge in [-0.15, -0.1) is 0 Å². The van der Waals surface area contributed by atoms with Crippen LogP contribution in [0, 0.1) is 10.1 Å². The number of hydrogen-bond donors (Lipinski definition) is 0. The van der Waals surface area contributed by atoms with Crippen LogP contribution < -0.4 is 4.74 Å². The van der Waals surface area contributed by atoms with Crippen LogP contribution in [-0.2, 0) is 0 Å². The molecule has 6 nitrogen and oxygen atoms in total. The number of halogens is 3. The van der Waals surface area contributed by atoms with Gasteiger partial charge < -0.3 is 9.15 Å². The van der Waals surface area contributed by atoms with Gasteiger partial charge >= 0.3 is 0 Å². The molecule has 0 aliphatic heterocycles. The van der Waals surface area contributed by atoms with Gasteiger partial charge in [-0.2, -0.15) is 0 Å². The largest absolute Gasteiger partial charge is 0.454 e. The van der Waals surface area contributed by atoms with Crippen LogP contribution in [0.25, 0.3) is 11.3 Å². The second kappa shape index (κ2) is 7.37. The minimum absolute atomic E-state index is 0.00124. The molecular formula is C17H8Cl3NO5. The third-order valence-electron chi connectivity index (χ3n) is 3.39. The highest BCUT2D eigenvalue weighted by Crippen LogP contribution is 2.42. The van der Waals surface area contributed by atoms with E-state index in [9.17, 15) is 14.9 Å². The Morgan fingerprint density at radius 2 is 1.81 bits per heavy atom. The number of carbonyl (C=O) groups is 1. The summed E-state index contributed by atoms with van der Waals surface area (Å²) in [5, 5.41) is 11.8. The van der Waals surface area contributed by atoms with E-state index >= 15 is 0 Å². The number of hydrogen-bond acceptors (Lipinski definition) is 5. The summed E-state index contributed by atoms with van der Waals surface area (Å²) in [5.41, 5.74) is -0.202. The zero-order chi connectivity index (χ0) is 18.8. The lowest BCUT2D eigenvalue weighted by Gasteiger charge is -2.11. The maximum absolute atomic E-state index is 11.3. The number of carbonyl (C=O) groups excluding carboxylic acids is 1. The zero-order valence-corrected chi connectivity index (χ0v) is 15.0. The summed E-state index contributed by atoms with van der Waals surface area (Å²) in [6.07, 6.45) is 0.494. The average Bonchev–Trinajstić information content (AvgIpc) is 3.09. The highest BCUT2D eigenvalue weighted by atomic mass is 35.5. The van der Waals surface area contributed by atoms with Crippen molar-refractivity contribution in [2.45, 2.75) is 0 Å². The van der Waals surface area contributed by atoms with Crippen LogP contribution in [0.5, 0.6) is 11.5 Å². The van der Waals surface area contributed by atoms with E-state index in [-0.39, 0.29) is 49.3 Å². The van der Waals surface area contributed by atoms with Gasteiger partial charge in [0.25, 0.3) is 5.69 Å². The molecule has 3 rings (SSSR count). The average molecular weight is 413 g/mol. The highest BCUT2D eigenvalue weighted by molar-refractivity contribution is 6.43. The smallest absolute Gasteiger partial charge is 0.282 e. The summed E-state index contributed by atoms with van der Waals surface area (Å²) in [7, 11) is 0. The number of benzene rings is 2. The maximum Gasteiger partial charge on any atom is 0.282 e. The molecule has 3 aromatic rings. The molecule has 0 aliphatic carbocycles. The third-order valence-corrected chi connectivity index (χ3v) is 4.49. The van der Waals surface area contributed by atoms with E-state index in [2.05, 4.69) is 0 Å². The Hall–Kier alpha value is -2.54. The fourth-order valence-electron chi connectivity index (χ4n) is 2.21. The van der Waals surface area contributed by atoms with Crippen molar-refractivity contribution >= 4 is 46.8 Å². The Balaban J connectivity index is 2.12. The van der Waals surface area contributed by atoms with Gasteiger partial charge in [-0.05, 0) is 24.3 Å². The fraction of sp³-hybridized carbons (Fsp3) is 0. The predicted octanol–water partition coefficient (Wildman–Crippen LogP) is 6.42. The molecule has 1 heterocycles. The highest BCUT2D eigenvalue weighted by Gasteiger charge is 2.23. The summed E-state index contributed by atoms with van der Waals surface area (Å²) in [5.74, 6) is 0.497. The first-order valence-electron chi connectivity index (χ1n) is 7.06. The van der Waals surface area contributed by atoms with Gasteiger partial charge in [0.05, 0.1) is 20.5 Å². The molecule has 0 N–H and O–H groups in total. The van der Waals surface area contributed by atoms with Gasteiger partial charge in [-0.1, -0.05) is 40.9 Å². The monoisotopic (exact) mass is 411 g/mol. The Labute approximate surface area is 162 Å². The molecule has 1 aromatic heterocycles. The SMILES string of the molecule is O=Cc1ccc(-c2cc(Oc3cccc(Cl)c3Cl)c(Cl)cc2[N+](=O)[O-])o1. The first kappa shape index (κ1) is 18.3. The molecule has 26 heavy (non-hydrogen) atoms. The van der Waals surface area contributed by atoms with Crippen molar-refractivity contribution in [3.63, 3.8) is 0 Å². The van der Waals surface area contributed by atoms with Gasteiger partial charge in [-0.25, -0.2) is 0 Å². The fourth-order valence-corrected chi connectivity index (χ4v) is 2.74. The minimum Gasteiger partial charge on any atom is -0.454 e. The van der Waals surface area contributed by atoms with Crippen LogP contribution in [0.1, 0.15) is 10.6 Å². The summed E-state index contributed by atoms with van der Waals surface area (Å²) >= 11 is 18.2. The van der Waals surface area contributed by atoms with Crippen molar-refractivity contribution in [3.8, 4) is 22.8 Å². The number of aldehydes is 1. The van der Waals surface area contributed by atoms with Crippen molar-refractivity contribution in [1.29, 1.82) is 0 Å². The molecule has 0 radical (unpaired) electrons. The number of ether oxygens (including phenoxy) is 1. The molecule has 9 heteroatoms. The molecule has 0 bridgehead atoms. The summed E-state index contributed by atoms with van der Waals surface area (Å²) in [6.45, 7) is 0. The summed E-state index contributed by atoms with van der Waals surface area (Å²) in [6, 6.07) is 10.1. The number of nitrogens with zero attached hydrogens (tertiary/aromatic N) is 1. The quantitative estimate of drug-likeness (QED) is 0.274. The van der Waals surface area contributed by atoms with Crippen LogP contribution in [0.15, 0.2) is 46.9 Å². The second-order valence-corrected chi connectivity index (χ2v) is 6.22. The first-order valence-corrected chi connectivity index (χ1v) is 8.19. The molecule has 0 atom stereocenters. The molecule has 0 unspecified atom stereocenters. The molecule has 0 amide bonds. The molecule has 0 saturated carbocycles. The van der Waals surface area contributed by atoms with Gasteiger partial charge in [0.1, 0.15) is 22.3 Å². The topological polar surface area (TPSA) is 82.6 Å². The molecule has 0 spiro atoms. The van der Waals surface area contributed by atoms with E-state index in [4.69, 9.17) is 44.0 Å². The van der Waals surface area contributed by atoms with E-state index in [0.29, 0.717) is 6.29 Å². The van der Waals surface area contributed by atoms with E-state index in [1.165, 1.54) is 18.2 Å². The van der Waals surface area contributed by atoms with Crippen molar-refractivity contribution in [1.82, 2.24) is 0 Å². The number of nitro groups is 1.